The standard InChI is InChI=1S/C21H32N2O5/c1-16-5-6-17(14-22-16)7-10-27-18(24)13-21(8-11-26-12-9-21)15-23-19(25)28-20(2,3)4/h5-6,14H,7-13,15H2,1-4H3,(H,23,25). The van der Waals surface area contributed by atoms with E-state index in [-0.39, 0.29) is 17.8 Å². The number of alkyl carbamates (subject to hydrolysis) is 1. The normalized spacial score (nSPS) is 16.3. The van der Waals surface area contributed by atoms with Crippen LogP contribution in [0.2, 0.25) is 0 Å². The highest BCUT2D eigenvalue weighted by atomic mass is 16.6. The highest BCUT2D eigenvalue weighted by molar-refractivity contribution is 5.71. The molecule has 28 heavy (non-hydrogen) atoms. The molecule has 7 heteroatoms. The molecule has 156 valence electrons. The van der Waals surface area contributed by atoms with E-state index in [4.69, 9.17) is 14.2 Å². The van der Waals surface area contributed by atoms with E-state index in [1.807, 2.05) is 39.8 Å². The molecule has 0 aliphatic carbocycles. The van der Waals surface area contributed by atoms with Crippen LogP contribution in [0.3, 0.4) is 0 Å². The van der Waals surface area contributed by atoms with Gasteiger partial charge < -0.3 is 19.5 Å². The number of carbonyl (C=O) groups is 2. The van der Waals surface area contributed by atoms with Crippen LogP contribution in [0, 0.1) is 12.3 Å². The van der Waals surface area contributed by atoms with Crippen molar-refractivity contribution in [3.63, 3.8) is 0 Å². The van der Waals surface area contributed by atoms with Crippen molar-refractivity contribution in [2.24, 2.45) is 5.41 Å². The molecule has 0 saturated carbocycles. The van der Waals surface area contributed by atoms with Crippen LogP contribution in [0.4, 0.5) is 4.79 Å². The molecule has 0 bridgehead atoms. The summed E-state index contributed by atoms with van der Waals surface area (Å²) in [5.74, 6) is -0.257. The third kappa shape index (κ3) is 7.84. The zero-order chi connectivity index (χ0) is 20.6. The van der Waals surface area contributed by atoms with Crippen molar-refractivity contribution in [2.45, 2.75) is 59.0 Å². The first kappa shape index (κ1) is 22.1. The second-order valence-corrected chi connectivity index (χ2v) is 8.42. The van der Waals surface area contributed by atoms with Gasteiger partial charge in [0.1, 0.15) is 5.60 Å². The number of esters is 1. The van der Waals surface area contributed by atoms with Crippen LogP contribution in [0.25, 0.3) is 0 Å². The second kappa shape index (κ2) is 9.87. The lowest BCUT2D eigenvalue weighted by Gasteiger charge is -2.36. The van der Waals surface area contributed by atoms with Crippen LogP contribution >= 0.6 is 0 Å². The third-order valence-corrected chi connectivity index (χ3v) is 4.71. The number of rotatable bonds is 7. The van der Waals surface area contributed by atoms with E-state index in [0.717, 1.165) is 11.3 Å². The summed E-state index contributed by atoms with van der Waals surface area (Å²) in [5.41, 5.74) is 1.07. The van der Waals surface area contributed by atoms with E-state index < -0.39 is 11.7 Å². The number of aryl methyl sites for hydroxylation is 1. The molecular weight excluding hydrogens is 360 g/mol. The Bertz CT molecular complexity index is 646. The molecule has 2 heterocycles. The lowest BCUT2D eigenvalue weighted by molar-refractivity contribution is -0.148. The maximum atomic E-state index is 12.4. The molecule has 0 unspecified atom stereocenters. The molecule has 1 fully saturated rings. The van der Waals surface area contributed by atoms with E-state index in [9.17, 15) is 9.59 Å². The van der Waals surface area contributed by atoms with E-state index in [1.165, 1.54) is 0 Å². The molecule has 1 amide bonds. The predicted molar refractivity (Wildman–Crippen MR) is 105 cm³/mol. The predicted octanol–water partition coefficient (Wildman–Crippen LogP) is 3.19. The highest BCUT2D eigenvalue weighted by Crippen LogP contribution is 2.34. The van der Waals surface area contributed by atoms with Crippen LogP contribution in [0.15, 0.2) is 18.3 Å². The van der Waals surface area contributed by atoms with Crippen molar-refractivity contribution in [2.75, 3.05) is 26.4 Å². The summed E-state index contributed by atoms with van der Waals surface area (Å²) in [4.78, 5) is 28.6. The fraction of sp³-hybridized carbons (Fsp3) is 0.667. The van der Waals surface area contributed by atoms with E-state index in [2.05, 4.69) is 10.3 Å². The second-order valence-electron chi connectivity index (χ2n) is 8.42. The van der Waals surface area contributed by atoms with Gasteiger partial charge in [-0.3, -0.25) is 9.78 Å². The van der Waals surface area contributed by atoms with Crippen molar-refractivity contribution < 1.29 is 23.8 Å². The molecule has 0 spiro atoms. The Balaban J connectivity index is 1.83. The van der Waals surface area contributed by atoms with Crippen molar-refractivity contribution in [1.29, 1.82) is 0 Å². The molecule has 1 saturated heterocycles. The molecule has 1 aliphatic rings. The Hall–Kier alpha value is -2.15. The molecular formula is C21H32N2O5. The highest BCUT2D eigenvalue weighted by Gasteiger charge is 2.36. The zero-order valence-corrected chi connectivity index (χ0v) is 17.4. The summed E-state index contributed by atoms with van der Waals surface area (Å²) in [7, 11) is 0. The molecule has 1 aromatic heterocycles. The summed E-state index contributed by atoms with van der Waals surface area (Å²) >= 11 is 0. The Labute approximate surface area is 167 Å². The van der Waals surface area contributed by atoms with E-state index in [0.29, 0.717) is 45.6 Å². The number of carbonyl (C=O) groups excluding carboxylic acids is 2. The number of aromatic nitrogens is 1. The molecule has 0 radical (unpaired) electrons. The van der Waals surface area contributed by atoms with Gasteiger partial charge in [-0.2, -0.15) is 0 Å². The van der Waals surface area contributed by atoms with Crippen LogP contribution in [-0.4, -0.2) is 49.0 Å². The molecule has 0 atom stereocenters. The summed E-state index contributed by atoms with van der Waals surface area (Å²) < 4.78 is 16.2. The lowest BCUT2D eigenvalue weighted by Crippen LogP contribution is -2.44. The minimum atomic E-state index is -0.559. The van der Waals surface area contributed by atoms with Crippen molar-refractivity contribution >= 4 is 12.1 Å². The van der Waals surface area contributed by atoms with Crippen molar-refractivity contribution in [1.82, 2.24) is 10.3 Å². The van der Waals surface area contributed by atoms with Gasteiger partial charge in [-0.25, -0.2) is 4.79 Å². The minimum absolute atomic E-state index is 0.248. The molecule has 1 aromatic rings. The van der Waals surface area contributed by atoms with Gasteiger partial charge in [0.25, 0.3) is 0 Å². The van der Waals surface area contributed by atoms with Crippen LogP contribution in [0.5, 0.6) is 0 Å². The van der Waals surface area contributed by atoms with Crippen LogP contribution < -0.4 is 5.32 Å². The van der Waals surface area contributed by atoms with E-state index in [1.54, 1.807) is 6.20 Å². The van der Waals surface area contributed by atoms with Gasteiger partial charge in [-0.1, -0.05) is 6.07 Å². The fourth-order valence-electron chi connectivity index (χ4n) is 3.08. The first-order valence-corrected chi connectivity index (χ1v) is 9.79. The summed E-state index contributed by atoms with van der Waals surface area (Å²) in [5, 5.41) is 2.81. The van der Waals surface area contributed by atoms with Crippen LogP contribution in [-0.2, 0) is 25.4 Å². The average Bonchev–Trinajstić information content (AvgIpc) is 2.61. The molecule has 0 aromatic carbocycles. The topological polar surface area (TPSA) is 86.8 Å². The van der Waals surface area contributed by atoms with Gasteiger partial charge in [0.2, 0.25) is 0 Å². The first-order chi connectivity index (χ1) is 13.2. The maximum Gasteiger partial charge on any atom is 0.407 e. The smallest absolute Gasteiger partial charge is 0.407 e. The van der Waals surface area contributed by atoms with Gasteiger partial charge in [0, 0.05) is 43.5 Å². The van der Waals surface area contributed by atoms with Gasteiger partial charge in [0.15, 0.2) is 0 Å². The number of amides is 1. The largest absolute Gasteiger partial charge is 0.465 e. The summed E-state index contributed by atoms with van der Waals surface area (Å²) in [6.45, 7) is 9.20. The molecule has 2 rings (SSSR count). The lowest BCUT2D eigenvalue weighted by atomic mass is 9.77. The number of hydrogen-bond acceptors (Lipinski definition) is 6. The van der Waals surface area contributed by atoms with Gasteiger partial charge in [0.05, 0.1) is 13.0 Å². The average molecular weight is 392 g/mol. The molecule has 7 nitrogen and oxygen atoms in total. The number of hydrogen-bond donors (Lipinski definition) is 1. The monoisotopic (exact) mass is 392 g/mol. The first-order valence-electron chi connectivity index (χ1n) is 9.79. The number of pyridine rings is 1. The van der Waals surface area contributed by atoms with E-state index >= 15 is 0 Å². The van der Waals surface area contributed by atoms with Crippen molar-refractivity contribution in [3.8, 4) is 0 Å². The molecule has 1 aliphatic heterocycles. The fourth-order valence-corrected chi connectivity index (χ4v) is 3.08. The Kier molecular flexibility index (Phi) is 7.80. The maximum absolute atomic E-state index is 12.4. The van der Waals surface area contributed by atoms with Gasteiger partial charge in [-0.15, -0.1) is 0 Å². The minimum Gasteiger partial charge on any atom is -0.465 e. The quantitative estimate of drug-likeness (QED) is 0.717. The SMILES string of the molecule is Cc1ccc(CCOC(=O)CC2(CNC(=O)OC(C)(C)C)CCOCC2)cn1. The van der Waals surface area contributed by atoms with Gasteiger partial charge >= 0.3 is 12.1 Å². The number of nitrogens with zero attached hydrogens (tertiary/aromatic N) is 1. The Morgan fingerprint density at radius 2 is 1.96 bits per heavy atom. The molecule has 1 N–H and O–H groups in total. The Morgan fingerprint density at radius 3 is 2.57 bits per heavy atom. The summed E-state index contributed by atoms with van der Waals surface area (Å²) in [6, 6.07) is 3.93. The zero-order valence-electron chi connectivity index (χ0n) is 17.4. The summed E-state index contributed by atoms with van der Waals surface area (Å²) in [6.07, 6.45) is 3.59. The number of nitrogens with one attached hydrogen (secondary N) is 1. The number of ether oxygens (including phenoxy) is 3. The van der Waals surface area contributed by atoms with Crippen LogP contribution in [0.1, 0.15) is 51.3 Å². The van der Waals surface area contributed by atoms with Crippen molar-refractivity contribution in [3.05, 3.63) is 29.6 Å². The Morgan fingerprint density at radius 1 is 1.25 bits per heavy atom. The van der Waals surface area contributed by atoms with Gasteiger partial charge in [-0.05, 0) is 52.2 Å². The third-order valence-electron chi connectivity index (χ3n) is 4.71.